The van der Waals surface area contributed by atoms with Crippen LogP contribution in [0.4, 0.5) is 0 Å². The smallest absolute Gasteiger partial charge is 0.214 e. The SMILES string of the molecule is Brc1ccc2c(c1)C1CC(c3cccs3)=NN1C(c1ccsc1)O2. The van der Waals surface area contributed by atoms with Crippen molar-refractivity contribution >= 4 is 44.3 Å². The summed E-state index contributed by atoms with van der Waals surface area (Å²) in [6, 6.07) is 12.8. The van der Waals surface area contributed by atoms with Gasteiger partial charge in [0.1, 0.15) is 5.75 Å². The second-order valence-electron chi connectivity index (χ2n) is 5.83. The summed E-state index contributed by atoms with van der Waals surface area (Å²) >= 11 is 7.02. The van der Waals surface area contributed by atoms with E-state index in [0.717, 1.165) is 27.9 Å². The lowest BCUT2D eigenvalue weighted by Gasteiger charge is -2.37. The number of halogens is 1. The predicted octanol–water partition coefficient (Wildman–Crippen LogP) is 5.81. The Hall–Kier alpha value is -1.63. The molecule has 0 saturated carbocycles. The quantitative estimate of drug-likeness (QED) is 0.525. The van der Waals surface area contributed by atoms with Gasteiger partial charge < -0.3 is 4.74 Å². The molecule has 24 heavy (non-hydrogen) atoms. The summed E-state index contributed by atoms with van der Waals surface area (Å²) in [7, 11) is 0. The summed E-state index contributed by atoms with van der Waals surface area (Å²) in [5.41, 5.74) is 3.51. The van der Waals surface area contributed by atoms with E-state index in [0.29, 0.717) is 0 Å². The van der Waals surface area contributed by atoms with Crippen LogP contribution >= 0.6 is 38.6 Å². The highest BCUT2D eigenvalue weighted by atomic mass is 79.9. The molecule has 3 nitrogen and oxygen atoms in total. The average molecular weight is 417 g/mol. The second-order valence-corrected chi connectivity index (χ2v) is 8.48. The molecule has 2 aliphatic heterocycles. The average Bonchev–Trinajstić information content (AvgIpc) is 3.33. The topological polar surface area (TPSA) is 24.8 Å². The minimum Gasteiger partial charge on any atom is -0.464 e. The van der Waals surface area contributed by atoms with Gasteiger partial charge in [-0.15, -0.1) is 11.3 Å². The molecule has 2 unspecified atom stereocenters. The summed E-state index contributed by atoms with van der Waals surface area (Å²) in [6.07, 6.45) is 0.751. The molecule has 0 N–H and O–H groups in total. The fraction of sp³-hybridized carbons (Fsp3) is 0.167. The normalized spacial score (nSPS) is 21.9. The molecule has 0 radical (unpaired) electrons. The van der Waals surface area contributed by atoms with Crippen molar-refractivity contribution in [2.24, 2.45) is 5.10 Å². The zero-order valence-electron chi connectivity index (χ0n) is 12.6. The van der Waals surface area contributed by atoms with Gasteiger partial charge in [-0.3, -0.25) is 0 Å². The first-order chi connectivity index (χ1) is 11.8. The minimum absolute atomic E-state index is 0.160. The van der Waals surface area contributed by atoms with Crippen LogP contribution in [0.1, 0.15) is 34.7 Å². The number of thiophene rings is 2. The van der Waals surface area contributed by atoms with Crippen LogP contribution in [0.3, 0.4) is 0 Å². The van der Waals surface area contributed by atoms with E-state index >= 15 is 0 Å². The molecular weight excluding hydrogens is 404 g/mol. The third-order valence-corrected chi connectivity index (χ3v) is 6.50. The Morgan fingerprint density at radius 1 is 1.21 bits per heavy atom. The number of hydrogen-bond acceptors (Lipinski definition) is 5. The lowest BCUT2D eigenvalue weighted by molar-refractivity contribution is -0.0188. The molecule has 2 aromatic heterocycles. The maximum atomic E-state index is 6.32. The Bertz CT molecular complexity index is 905. The molecule has 0 saturated heterocycles. The maximum absolute atomic E-state index is 6.32. The number of hydrogen-bond donors (Lipinski definition) is 0. The van der Waals surface area contributed by atoms with Crippen LogP contribution in [0.5, 0.6) is 5.75 Å². The van der Waals surface area contributed by atoms with Gasteiger partial charge in [0.05, 0.1) is 16.6 Å². The van der Waals surface area contributed by atoms with Gasteiger partial charge in [0, 0.05) is 22.0 Å². The summed E-state index contributed by atoms with van der Waals surface area (Å²) in [5.74, 6) is 0.957. The largest absolute Gasteiger partial charge is 0.464 e. The van der Waals surface area contributed by atoms with E-state index in [-0.39, 0.29) is 12.3 Å². The molecule has 6 heteroatoms. The number of hydrazone groups is 1. The molecule has 0 aliphatic carbocycles. The Morgan fingerprint density at radius 3 is 2.96 bits per heavy atom. The van der Waals surface area contributed by atoms with Crippen molar-refractivity contribution in [1.29, 1.82) is 0 Å². The molecule has 1 aromatic carbocycles. The van der Waals surface area contributed by atoms with E-state index in [2.05, 4.69) is 67.4 Å². The summed E-state index contributed by atoms with van der Waals surface area (Å²) < 4.78 is 7.39. The van der Waals surface area contributed by atoms with Gasteiger partial charge in [-0.1, -0.05) is 22.0 Å². The molecule has 0 fully saturated rings. The highest BCUT2D eigenvalue weighted by Crippen LogP contribution is 2.48. The summed E-state index contributed by atoms with van der Waals surface area (Å²) in [6.45, 7) is 0. The molecule has 2 aliphatic rings. The van der Waals surface area contributed by atoms with Gasteiger partial charge in [-0.05, 0) is 46.5 Å². The summed E-state index contributed by atoms with van der Waals surface area (Å²) in [4.78, 5) is 1.24. The highest BCUT2D eigenvalue weighted by molar-refractivity contribution is 9.10. The lowest BCUT2D eigenvalue weighted by Crippen LogP contribution is -2.33. The molecule has 0 bridgehead atoms. The molecule has 3 aromatic rings. The van der Waals surface area contributed by atoms with Gasteiger partial charge in [-0.25, -0.2) is 5.01 Å². The van der Waals surface area contributed by atoms with Crippen LogP contribution < -0.4 is 4.74 Å². The van der Waals surface area contributed by atoms with Crippen LogP contribution in [0.25, 0.3) is 0 Å². The van der Waals surface area contributed by atoms with E-state index in [1.165, 1.54) is 10.4 Å². The van der Waals surface area contributed by atoms with E-state index in [9.17, 15) is 0 Å². The minimum atomic E-state index is -0.160. The first-order valence-electron chi connectivity index (χ1n) is 7.67. The number of benzene rings is 1. The Labute approximate surface area is 156 Å². The lowest BCUT2D eigenvalue weighted by atomic mass is 9.98. The van der Waals surface area contributed by atoms with Crippen molar-refractivity contribution in [3.63, 3.8) is 0 Å². The van der Waals surface area contributed by atoms with Crippen LogP contribution in [0.2, 0.25) is 0 Å². The Morgan fingerprint density at radius 2 is 2.17 bits per heavy atom. The first-order valence-corrected chi connectivity index (χ1v) is 10.3. The van der Waals surface area contributed by atoms with E-state index in [1.54, 1.807) is 22.7 Å². The molecular formula is C18H13BrN2OS2. The highest BCUT2D eigenvalue weighted by Gasteiger charge is 2.41. The monoisotopic (exact) mass is 416 g/mol. The van der Waals surface area contributed by atoms with Crippen molar-refractivity contribution in [2.75, 3.05) is 0 Å². The number of nitrogens with zero attached hydrogens (tertiary/aromatic N) is 2. The number of fused-ring (bicyclic) bond motifs is 3. The van der Waals surface area contributed by atoms with Crippen LogP contribution in [0.15, 0.2) is 62.1 Å². The van der Waals surface area contributed by atoms with Crippen molar-refractivity contribution in [3.05, 3.63) is 73.0 Å². The molecule has 4 heterocycles. The molecule has 120 valence electrons. The maximum Gasteiger partial charge on any atom is 0.214 e. The third-order valence-electron chi connectivity index (χ3n) is 4.39. The van der Waals surface area contributed by atoms with E-state index in [1.807, 2.05) is 6.07 Å². The van der Waals surface area contributed by atoms with Crippen LogP contribution in [-0.2, 0) is 0 Å². The zero-order valence-corrected chi connectivity index (χ0v) is 15.8. The van der Waals surface area contributed by atoms with Gasteiger partial charge in [-0.2, -0.15) is 16.4 Å². The second kappa shape index (κ2) is 5.72. The number of rotatable bonds is 2. The van der Waals surface area contributed by atoms with E-state index in [4.69, 9.17) is 9.84 Å². The van der Waals surface area contributed by atoms with Crippen molar-refractivity contribution in [1.82, 2.24) is 5.01 Å². The first kappa shape index (κ1) is 14.7. The van der Waals surface area contributed by atoms with Crippen molar-refractivity contribution in [3.8, 4) is 5.75 Å². The zero-order chi connectivity index (χ0) is 16.1. The third kappa shape index (κ3) is 2.32. The van der Waals surface area contributed by atoms with Crippen LogP contribution in [-0.4, -0.2) is 10.7 Å². The van der Waals surface area contributed by atoms with Gasteiger partial charge in [0.2, 0.25) is 6.23 Å². The molecule has 2 atom stereocenters. The predicted molar refractivity (Wildman–Crippen MR) is 102 cm³/mol. The number of ether oxygens (including phenoxy) is 1. The molecule has 0 spiro atoms. The van der Waals surface area contributed by atoms with Crippen molar-refractivity contribution in [2.45, 2.75) is 18.7 Å². The Kier molecular flexibility index (Phi) is 3.50. The van der Waals surface area contributed by atoms with Crippen molar-refractivity contribution < 1.29 is 4.74 Å². The molecule has 0 amide bonds. The standard InChI is InChI=1S/C18H13BrN2OS2/c19-12-3-4-16-13(8-12)15-9-14(17-2-1-6-24-17)20-21(15)18(22-16)11-5-7-23-10-11/h1-8,10,15,18H,9H2. The molecule has 5 rings (SSSR count). The van der Waals surface area contributed by atoms with Gasteiger partial charge >= 0.3 is 0 Å². The van der Waals surface area contributed by atoms with E-state index < -0.39 is 0 Å². The fourth-order valence-corrected chi connectivity index (χ4v) is 5.05. The van der Waals surface area contributed by atoms with Gasteiger partial charge in [0.15, 0.2) is 0 Å². The van der Waals surface area contributed by atoms with Crippen LogP contribution in [0, 0.1) is 0 Å². The summed E-state index contributed by atoms with van der Waals surface area (Å²) in [5, 5.41) is 13.4. The Balaban J connectivity index is 1.62. The fourth-order valence-electron chi connectivity index (χ4n) is 3.29. The van der Waals surface area contributed by atoms with Gasteiger partial charge in [0.25, 0.3) is 0 Å².